The number of anilines is 1. The summed E-state index contributed by atoms with van der Waals surface area (Å²) in [6, 6.07) is 10.7. The summed E-state index contributed by atoms with van der Waals surface area (Å²) in [6.07, 6.45) is 3.59. The second kappa shape index (κ2) is 7.71. The van der Waals surface area contributed by atoms with Crippen LogP contribution in [0.15, 0.2) is 58.2 Å². The van der Waals surface area contributed by atoms with E-state index in [1.54, 1.807) is 56.2 Å². The molecule has 0 aliphatic rings. The Hall–Kier alpha value is -3.53. The van der Waals surface area contributed by atoms with Crippen molar-refractivity contribution in [3.8, 4) is 11.4 Å². The molecule has 0 bridgehead atoms. The lowest BCUT2D eigenvalue weighted by atomic mass is 10.1. The Morgan fingerprint density at radius 1 is 1.13 bits per heavy atom. The Kier molecular flexibility index (Phi) is 5.08. The number of sulfonamides is 1. The lowest BCUT2D eigenvalue weighted by molar-refractivity contribution is 0.386. The van der Waals surface area contributed by atoms with E-state index in [-0.39, 0.29) is 11.3 Å². The number of benzene rings is 1. The van der Waals surface area contributed by atoms with Crippen molar-refractivity contribution in [3.63, 3.8) is 0 Å². The van der Waals surface area contributed by atoms with Gasteiger partial charge >= 0.3 is 0 Å². The maximum atomic E-state index is 13.0. The molecule has 4 aromatic rings. The van der Waals surface area contributed by atoms with E-state index in [1.165, 1.54) is 0 Å². The molecule has 3 heterocycles. The van der Waals surface area contributed by atoms with Crippen LogP contribution in [-0.2, 0) is 23.5 Å². The van der Waals surface area contributed by atoms with E-state index in [4.69, 9.17) is 4.52 Å². The van der Waals surface area contributed by atoms with Crippen molar-refractivity contribution >= 4 is 15.7 Å². The lowest BCUT2D eigenvalue weighted by Crippen LogP contribution is -2.16. The molecule has 1 aromatic carbocycles. The summed E-state index contributed by atoms with van der Waals surface area (Å²) in [5.74, 6) is 0.798. The molecule has 0 aliphatic carbocycles. The molecule has 9 nitrogen and oxygen atoms in total. The zero-order valence-electron chi connectivity index (χ0n) is 16.7. The van der Waals surface area contributed by atoms with Crippen molar-refractivity contribution in [2.75, 3.05) is 4.72 Å². The first kappa shape index (κ1) is 19.8. The van der Waals surface area contributed by atoms with Crippen molar-refractivity contribution in [1.82, 2.24) is 24.9 Å². The van der Waals surface area contributed by atoms with Gasteiger partial charge in [-0.25, -0.2) is 8.42 Å². The predicted molar refractivity (Wildman–Crippen MR) is 110 cm³/mol. The summed E-state index contributed by atoms with van der Waals surface area (Å²) in [7, 11) is -2.10. The number of aryl methyl sites for hydroxylation is 2. The number of hydrogen-bond donors (Lipinski definition) is 1. The highest BCUT2D eigenvalue weighted by Gasteiger charge is 2.25. The number of nitrogens with one attached hydrogen (secondary N) is 1. The van der Waals surface area contributed by atoms with E-state index in [2.05, 4.69) is 24.9 Å². The normalized spacial score (nSPS) is 11.6. The number of nitrogens with zero attached hydrogens (tertiary/aromatic N) is 5. The molecule has 1 N–H and O–H groups in total. The van der Waals surface area contributed by atoms with Gasteiger partial charge in [0.05, 0.1) is 23.5 Å². The standard InChI is InChI=1S/C20H20N6O3S/c1-13-19(14(2)26(3)23-13)30(27,28)25-17-9-5-4-7-15(17)11-18-22-20(24-29-18)16-8-6-10-21-12-16/h4-10,12,25H,11H2,1-3H3. The molecule has 0 unspecified atom stereocenters. The molecule has 0 fully saturated rings. The summed E-state index contributed by atoms with van der Waals surface area (Å²) in [5.41, 5.74) is 2.90. The van der Waals surface area contributed by atoms with Crippen molar-refractivity contribution in [2.45, 2.75) is 25.2 Å². The minimum atomic E-state index is -3.81. The number of aromatic nitrogens is 5. The Morgan fingerprint density at radius 3 is 2.63 bits per heavy atom. The number of pyridine rings is 1. The molecule has 4 rings (SSSR count). The molecular weight excluding hydrogens is 404 g/mol. The summed E-state index contributed by atoms with van der Waals surface area (Å²) in [5, 5.41) is 8.18. The quantitative estimate of drug-likeness (QED) is 0.506. The van der Waals surface area contributed by atoms with Crippen LogP contribution in [-0.4, -0.2) is 33.3 Å². The molecule has 10 heteroatoms. The van der Waals surface area contributed by atoms with Crippen LogP contribution in [0.1, 0.15) is 22.8 Å². The highest BCUT2D eigenvalue weighted by molar-refractivity contribution is 7.92. The summed E-state index contributed by atoms with van der Waals surface area (Å²) in [4.78, 5) is 8.62. The smallest absolute Gasteiger partial charge is 0.265 e. The molecule has 0 amide bonds. The van der Waals surface area contributed by atoms with Crippen LogP contribution in [0.25, 0.3) is 11.4 Å². The summed E-state index contributed by atoms with van der Waals surface area (Å²) >= 11 is 0. The van der Waals surface area contributed by atoms with Gasteiger partial charge in [-0.2, -0.15) is 10.1 Å². The zero-order valence-corrected chi connectivity index (χ0v) is 17.5. The maximum absolute atomic E-state index is 13.0. The minimum absolute atomic E-state index is 0.177. The number of hydrogen-bond acceptors (Lipinski definition) is 7. The summed E-state index contributed by atoms with van der Waals surface area (Å²) < 4.78 is 35.6. The van der Waals surface area contributed by atoms with Gasteiger partial charge in [-0.15, -0.1) is 0 Å². The maximum Gasteiger partial charge on any atom is 0.265 e. The fraction of sp³-hybridized carbons (Fsp3) is 0.200. The molecule has 0 aliphatic heterocycles. The summed E-state index contributed by atoms with van der Waals surface area (Å²) in [6.45, 7) is 3.39. The van der Waals surface area contributed by atoms with E-state index in [0.29, 0.717) is 34.4 Å². The van der Waals surface area contributed by atoms with Crippen LogP contribution in [0.4, 0.5) is 5.69 Å². The SMILES string of the molecule is Cc1nn(C)c(C)c1S(=O)(=O)Nc1ccccc1Cc1nc(-c2cccnc2)no1. The third kappa shape index (κ3) is 3.81. The van der Waals surface area contributed by atoms with Crippen molar-refractivity contribution in [3.05, 3.63) is 71.6 Å². The lowest BCUT2D eigenvalue weighted by Gasteiger charge is -2.12. The second-order valence-electron chi connectivity index (χ2n) is 6.82. The first-order valence-corrected chi connectivity index (χ1v) is 10.7. The third-order valence-corrected chi connectivity index (χ3v) is 6.32. The van der Waals surface area contributed by atoms with Gasteiger partial charge in [0.2, 0.25) is 11.7 Å². The molecule has 0 saturated carbocycles. The minimum Gasteiger partial charge on any atom is -0.339 e. The van der Waals surface area contributed by atoms with Gasteiger partial charge < -0.3 is 4.52 Å². The molecule has 154 valence electrons. The van der Waals surface area contributed by atoms with Crippen molar-refractivity contribution in [1.29, 1.82) is 0 Å². The van der Waals surface area contributed by atoms with Crippen LogP contribution in [0.5, 0.6) is 0 Å². The fourth-order valence-corrected chi connectivity index (χ4v) is 4.76. The molecular formula is C20H20N6O3S. The molecule has 30 heavy (non-hydrogen) atoms. The van der Waals surface area contributed by atoms with Crippen LogP contribution < -0.4 is 4.72 Å². The number of rotatable bonds is 6. The van der Waals surface area contributed by atoms with Gasteiger partial charge in [0, 0.05) is 25.0 Å². The van der Waals surface area contributed by atoms with Gasteiger partial charge in [-0.3, -0.25) is 14.4 Å². The van der Waals surface area contributed by atoms with Crippen LogP contribution in [0, 0.1) is 13.8 Å². The third-order valence-electron chi connectivity index (χ3n) is 4.70. The van der Waals surface area contributed by atoms with E-state index in [0.717, 1.165) is 5.56 Å². The molecule has 0 saturated heterocycles. The van der Waals surface area contributed by atoms with Crippen LogP contribution in [0.3, 0.4) is 0 Å². The van der Waals surface area contributed by atoms with Gasteiger partial charge in [0.25, 0.3) is 10.0 Å². The zero-order chi connectivity index (χ0) is 21.3. The van der Waals surface area contributed by atoms with Gasteiger partial charge in [-0.1, -0.05) is 23.4 Å². The molecule has 0 radical (unpaired) electrons. The van der Waals surface area contributed by atoms with Gasteiger partial charge in [0.1, 0.15) is 4.90 Å². The Balaban J connectivity index is 1.62. The van der Waals surface area contributed by atoms with Gasteiger partial charge in [-0.05, 0) is 37.6 Å². The molecule has 0 atom stereocenters. The van der Waals surface area contributed by atoms with Gasteiger partial charge in [0.15, 0.2) is 0 Å². The average molecular weight is 424 g/mol. The van der Waals surface area contributed by atoms with Crippen molar-refractivity contribution in [2.24, 2.45) is 7.05 Å². The largest absolute Gasteiger partial charge is 0.339 e. The van der Waals surface area contributed by atoms with Crippen LogP contribution in [0.2, 0.25) is 0 Å². The predicted octanol–water partition coefficient (Wildman–Crippen LogP) is 2.87. The van der Waals surface area contributed by atoms with Crippen LogP contribution >= 0.6 is 0 Å². The average Bonchev–Trinajstić information content (AvgIpc) is 3.28. The van der Waals surface area contributed by atoms with E-state index >= 15 is 0 Å². The molecule has 0 spiro atoms. The Morgan fingerprint density at radius 2 is 1.93 bits per heavy atom. The van der Waals surface area contributed by atoms with E-state index in [9.17, 15) is 8.42 Å². The first-order chi connectivity index (χ1) is 14.3. The highest BCUT2D eigenvalue weighted by atomic mass is 32.2. The Bertz CT molecular complexity index is 1300. The Labute approximate surface area is 173 Å². The number of para-hydroxylation sites is 1. The molecule has 3 aromatic heterocycles. The first-order valence-electron chi connectivity index (χ1n) is 9.19. The second-order valence-corrected chi connectivity index (χ2v) is 8.44. The van der Waals surface area contributed by atoms with E-state index in [1.807, 2.05) is 18.2 Å². The van der Waals surface area contributed by atoms with Crippen molar-refractivity contribution < 1.29 is 12.9 Å². The fourth-order valence-electron chi connectivity index (χ4n) is 3.21. The highest BCUT2D eigenvalue weighted by Crippen LogP contribution is 2.26. The van der Waals surface area contributed by atoms with E-state index < -0.39 is 10.0 Å². The monoisotopic (exact) mass is 424 g/mol. The topological polar surface area (TPSA) is 116 Å².